The molecule has 1 aliphatic rings. The number of benzene rings is 1. The van der Waals surface area contributed by atoms with Crippen LogP contribution in [0.15, 0.2) is 30.3 Å². The number of aliphatic carboxylic acids is 1. The highest BCUT2D eigenvalue weighted by Crippen LogP contribution is 2.27. The third kappa shape index (κ3) is 2.21. The zero-order chi connectivity index (χ0) is 11.5. The molecule has 0 radical (unpaired) electrons. The highest BCUT2D eigenvalue weighted by Gasteiger charge is 2.31. The summed E-state index contributed by atoms with van der Waals surface area (Å²) in [6.07, 6.45) is 0.414. The second kappa shape index (κ2) is 4.35. The van der Waals surface area contributed by atoms with Crippen molar-refractivity contribution < 1.29 is 14.7 Å². The third-order valence-corrected chi connectivity index (χ3v) is 2.81. The van der Waals surface area contributed by atoms with Crippen molar-refractivity contribution in [3.8, 4) is 0 Å². The number of hydrogen-bond donors (Lipinski definition) is 1. The van der Waals surface area contributed by atoms with Crippen molar-refractivity contribution in [2.24, 2.45) is 0 Å². The number of carboxylic acids is 1. The van der Waals surface area contributed by atoms with Crippen LogP contribution >= 0.6 is 0 Å². The second-order valence-electron chi connectivity index (χ2n) is 3.98. The van der Waals surface area contributed by atoms with Gasteiger partial charge >= 0.3 is 5.97 Å². The number of rotatable bonds is 3. The van der Waals surface area contributed by atoms with E-state index in [1.165, 1.54) is 4.90 Å². The first-order chi connectivity index (χ1) is 7.66. The number of nitrogens with zero attached hydrogens (tertiary/aromatic N) is 1. The van der Waals surface area contributed by atoms with E-state index in [1.54, 1.807) is 0 Å². The zero-order valence-corrected chi connectivity index (χ0v) is 8.80. The molecule has 4 nitrogen and oxygen atoms in total. The fraction of sp³-hybridized carbons (Fsp3) is 0.333. The molecule has 0 aromatic heterocycles. The molecule has 2 rings (SSSR count). The van der Waals surface area contributed by atoms with E-state index < -0.39 is 5.97 Å². The number of amides is 1. The Labute approximate surface area is 93.5 Å². The normalized spacial score (nSPS) is 20.1. The maximum Gasteiger partial charge on any atom is 0.323 e. The van der Waals surface area contributed by atoms with Gasteiger partial charge in [-0.2, -0.15) is 0 Å². The average Bonchev–Trinajstić information content (AvgIpc) is 2.61. The van der Waals surface area contributed by atoms with Gasteiger partial charge in [-0.15, -0.1) is 0 Å². The first-order valence-corrected chi connectivity index (χ1v) is 5.21. The Kier molecular flexibility index (Phi) is 2.90. The van der Waals surface area contributed by atoms with E-state index in [0.29, 0.717) is 13.0 Å². The summed E-state index contributed by atoms with van der Waals surface area (Å²) < 4.78 is 0. The number of hydrogen-bond acceptors (Lipinski definition) is 2. The molecule has 1 aromatic rings. The molecular formula is C12H13NO3. The highest BCUT2D eigenvalue weighted by molar-refractivity contribution is 5.84. The Morgan fingerprint density at radius 3 is 2.69 bits per heavy atom. The lowest BCUT2D eigenvalue weighted by atomic mass is 9.99. The molecule has 1 N–H and O–H groups in total. The van der Waals surface area contributed by atoms with Crippen LogP contribution in [-0.4, -0.2) is 35.0 Å². The van der Waals surface area contributed by atoms with Crippen LogP contribution in [0.25, 0.3) is 0 Å². The average molecular weight is 219 g/mol. The van der Waals surface area contributed by atoms with Gasteiger partial charge in [-0.05, 0) is 5.56 Å². The lowest BCUT2D eigenvalue weighted by Crippen LogP contribution is -2.30. The van der Waals surface area contributed by atoms with Crippen molar-refractivity contribution in [3.63, 3.8) is 0 Å². The maximum absolute atomic E-state index is 11.6. The van der Waals surface area contributed by atoms with Crippen molar-refractivity contribution in [1.82, 2.24) is 4.90 Å². The first-order valence-electron chi connectivity index (χ1n) is 5.21. The number of carbonyl (C=O) groups is 2. The van der Waals surface area contributed by atoms with Crippen molar-refractivity contribution in [1.29, 1.82) is 0 Å². The Morgan fingerprint density at radius 2 is 2.06 bits per heavy atom. The van der Waals surface area contributed by atoms with Crippen LogP contribution in [0.5, 0.6) is 0 Å². The summed E-state index contributed by atoms with van der Waals surface area (Å²) in [5.41, 5.74) is 1.10. The summed E-state index contributed by atoms with van der Waals surface area (Å²) in [6, 6.07) is 9.74. The van der Waals surface area contributed by atoms with E-state index in [4.69, 9.17) is 5.11 Å². The molecule has 0 unspecified atom stereocenters. The Hall–Kier alpha value is -1.84. The van der Waals surface area contributed by atoms with E-state index >= 15 is 0 Å². The van der Waals surface area contributed by atoms with E-state index in [2.05, 4.69) is 0 Å². The quantitative estimate of drug-likeness (QED) is 0.827. The minimum atomic E-state index is -0.956. The molecule has 4 heteroatoms. The molecule has 84 valence electrons. The molecule has 1 saturated heterocycles. The summed E-state index contributed by atoms with van der Waals surface area (Å²) in [5.74, 6) is -0.897. The van der Waals surface area contributed by atoms with Crippen LogP contribution < -0.4 is 0 Å². The molecule has 0 spiro atoms. The van der Waals surface area contributed by atoms with Gasteiger partial charge in [0.2, 0.25) is 5.91 Å². The highest BCUT2D eigenvalue weighted by atomic mass is 16.4. The van der Waals surface area contributed by atoms with Gasteiger partial charge in [-0.25, -0.2) is 0 Å². The van der Waals surface area contributed by atoms with Gasteiger partial charge in [0.05, 0.1) is 0 Å². The van der Waals surface area contributed by atoms with E-state index in [1.807, 2.05) is 30.3 Å². The SMILES string of the molecule is O=C(O)CN1C[C@@H](c2ccccc2)CC1=O. The first kappa shape index (κ1) is 10.7. The monoisotopic (exact) mass is 219 g/mol. The summed E-state index contributed by atoms with van der Waals surface area (Å²) >= 11 is 0. The molecule has 1 atom stereocenters. The Balaban J connectivity index is 2.07. The standard InChI is InChI=1S/C12H13NO3/c14-11-6-10(7-13(11)8-12(15)16)9-4-2-1-3-5-9/h1-5,10H,6-8H2,(H,15,16)/t10-/m0/s1. The van der Waals surface area contributed by atoms with Crippen LogP contribution in [-0.2, 0) is 9.59 Å². The molecule has 1 heterocycles. The van der Waals surface area contributed by atoms with Crippen LogP contribution in [0.2, 0.25) is 0 Å². The third-order valence-electron chi connectivity index (χ3n) is 2.81. The smallest absolute Gasteiger partial charge is 0.323 e. The van der Waals surface area contributed by atoms with Gasteiger partial charge in [0, 0.05) is 18.9 Å². The summed E-state index contributed by atoms with van der Waals surface area (Å²) in [4.78, 5) is 23.5. The molecule has 0 aliphatic carbocycles. The summed E-state index contributed by atoms with van der Waals surface area (Å²) in [5, 5.41) is 8.65. The minimum absolute atomic E-state index is 0.0729. The van der Waals surface area contributed by atoms with E-state index in [-0.39, 0.29) is 18.4 Å². The topological polar surface area (TPSA) is 57.6 Å². The van der Waals surface area contributed by atoms with E-state index in [0.717, 1.165) is 5.56 Å². The zero-order valence-electron chi connectivity index (χ0n) is 8.80. The summed E-state index contributed by atoms with van der Waals surface area (Å²) in [7, 11) is 0. The molecule has 1 aromatic carbocycles. The molecule has 1 aliphatic heterocycles. The molecule has 1 fully saturated rings. The fourth-order valence-electron chi connectivity index (χ4n) is 2.04. The second-order valence-corrected chi connectivity index (χ2v) is 3.98. The van der Waals surface area contributed by atoms with Crippen molar-refractivity contribution in [2.45, 2.75) is 12.3 Å². The number of likely N-dealkylation sites (tertiary alicyclic amines) is 1. The Morgan fingerprint density at radius 1 is 1.38 bits per heavy atom. The molecule has 1 amide bonds. The minimum Gasteiger partial charge on any atom is -0.480 e. The summed E-state index contributed by atoms with van der Waals surface area (Å²) in [6.45, 7) is 0.317. The number of carboxylic acid groups (broad SMARTS) is 1. The lowest BCUT2D eigenvalue weighted by molar-refractivity contribution is -0.142. The van der Waals surface area contributed by atoms with Gasteiger partial charge in [-0.1, -0.05) is 30.3 Å². The molecule has 0 bridgehead atoms. The predicted molar refractivity (Wildman–Crippen MR) is 58.0 cm³/mol. The van der Waals surface area contributed by atoms with Crippen molar-refractivity contribution >= 4 is 11.9 Å². The number of carbonyl (C=O) groups excluding carboxylic acids is 1. The van der Waals surface area contributed by atoms with Gasteiger partial charge in [0.15, 0.2) is 0 Å². The van der Waals surface area contributed by atoms with Crippen LogP contribution in [0.4, 0.5) is 0 Å². The van der Waals surface area contributed by atoms with Gasteiger partial charge in [0.1, 0.15) is 6.54 Å². The van der Waals surface area contributed by atoms with Crippen LogP contribution in [0, 0.1) is 0 Å². The van der Waals surface area contributed by atoms with E-state index in [9.17, 15) is 9.59 Å². The van der Waals surface area contributed by atoms with Crippen molar-refractivity contribution in [2.75, 3.05) is 13.1 Å². The largest absolute Gasteiger partial charge is 0.480 e. The van der Waals surface area contributed by atoms with Gasteiger partial charge in [-0.3, -0.25) is 9.59 Å². The van der Waals surface area contributed by atoms with Crippen molar-refractivity contribution in [3.05, 3.63) is 35.9 Å². The molecular weight excluding hydrogens is 206 g/mol. The van der Waals surface area contributed by atoms with Crippen LogP contribution in [0.3, 0.4) is 0 Å². The molecule has 16 heavy (non-hydrogen) atoms. The lowest BCUT2D eigenvalue weighted by Gasteiger charge is -2.13. The maximum atomic E-state index is 11.6. The fourth-order valence-corrected chi connectivity index (χ4v) is 2.04. The Bertz CT molecular complexity index is 402. The molecule has 0 saturated carbocycles. The predicted octanol–water partition coefficient (Wildman–Crippen LogP) is 1.09. The van der Waals surface area contributed by atoms with Crippen LogP contribution in [0.1, 0.15) is 17.9 Å². The van der Waals surface area contributed by atoms with Gasteiger partial charge < -0.3 is 10.0 Å². The van der Waals surface area contributed by atoms with Gasteiger partial charge in [0.25, 0.3) is 0 Å².